The fourth-order valence-electron chi connectivity index (χ4n) is 2.08. The van der Waals surface area contributed by atoms with Gasteiger partial charge in [-0.2, -0.15) is 15.5 Å². The van der Waals surface area contributed by atoms with Crippen LogP contribution in [0.3, 0.4) is 0 Å². The van der Waals surface area contributed by atoms with E-state index >= 15 is 0 Å². The van der Waals surface area contributed by atoms with Crippen LogP contribution in [0.4, 0.5) is 11.5 Å². The second kappa shape index (κ2) is 6.41. The summed E-state index contributed by atoms with van der Waals surface area (Å²) < 4.78 is 5.30. The molecule has 0 aliphatic rings. The maximum absolute atomic E-state index is 10.7. The van der Waals surface area contributed by atoms with Gasteiger partial charge in [0.1, 0.15) is 29.1 Å². The molecule has 8 heteroatoms. The van der Waals surface area contributed by atoms with E-state index < -0.39 is 4.92 Å². The SMILES string of the molecule is CCOc1nc(N)c(C#N)c(-c2ccc([N+](=O)[O-])cc2)c1C#N. The lowest BCUT2D eigenvalue weighted by molar-refractivity contribution is -0.384. The van der Waals surface area contributed by atoms with Gasteiger partial charge in [-0.25, -0.2) is 0 Å². The van der Waals surface area contributed by atoms with Gasteiger partial charge in [0.2, 0.25) is 5.88 Å². The summed E-state index contributed by atoms with van der Waals surface area (Å²) in [6, 6.07) is 9.34. The maximum atomic E-state index is 10.7. The molecule has 8 nitrogen and oxygen atoms in total. The van der Waals surface area contributed by atoms with Crippen molar-refractivity contribution in [3.05, 3.63) is 45.5 Å². The van der Waals surface area contributed by atoms with E-state index in [4.69, 9.17) is 10.5 Å². The van der Waals surface area contributed by atoms with Gasteiger partial charge in [0.15, 0.2) is 0 Å². The standard InChI is InChI=1S/C15H11N5O3/c1-2-23-15-12(8-17)13(11(7-16)14(18)19-15)9-3-5-10(6-4-9)20(21)22/h3-6H,2H2,1H3,(H2,18,19). The molecule has 23 heavy (non-hydrogen) atoms. The largest absolute Gasteiger partial charge is 0.477 e. The Kier molecular flexibility index (Phi) is 4.39. The average molecular weight is 309 g/mol. The van der Waals surface area contributed by atoms with Gasteiger partial charge in [-0.15, -0.1) is 0 Å². The lowest BCUT2D eigenvalue weighted by Gasteiger charge is -2.12. The molecule has 114 valence electrons. The van der Waals surface area contributed by atoms with Gasteiger partial charge in [0.25, 0.3) is 5.69 Å². The second-order valence-corrected chi connectivity index (χ2v) is 4.39. The van der Waals surface area contributed by atoms with Gasteiger partial charge in [0, 0.05) is 17.7 Å². The zero-order valence-electron chi connectivity index (χ0n) is 12.1. The van der Waals surface area contributed by atoms with Crippen molar-refractivity contribution in [2.24, 2.45) is 0 Å². The number of benzene rings is 1. The monoisotopic (exact) mass is 309 g/mol. The molecule has 1 aromatic carbocycles. The summed E-state index contributed by atoms with van der Waals surface area (Å²) in [5, 5.41) is 29.5. The first-order chi connectivity index (χ1) is 11.0. The number of hydrogen-bond donors (Lipinski definition) is 1. The molecule has 0 bridgehead atoms. The maximum Gasteiger partial charge on any atom is 0.269 e. The highest BCUT2D eigenvalue weighted by Gasteiger charge is 2.21. The van der Waals surface area contributed by atoms with Gasteiger partial charge in [0.05, 0.1) is 11.5 Å². The van der Waals surface area contributed by atoms with Crippen LogP contribution < -0.4 is 10.5 Å². The molecule has 0 unspecified atom stereocenters. The number of nitrogens with zero attached hydrogens (tertiary/aromatic N) is 4. The van der Waals surface area contributed by atoms with Crippen LogP contribution in [0.5, 0.6) is 5.88 Å². The van der Waals surface area contributed by atoms with Crippen molar-refractivity contribution in [3.8, 4) is 29.1 Å². The van der Waals surface area contributed by atoms with Crippen molar-refractivity contribution in [2.45, 2.75) is 6.92 Å². The number of non-ortho nitro benzene ring substituents is 1. The van der Waals surface area contributed by atoms with Crippen molar-refractivity contribution in [3.63, 3.8) is 0 Å². The number of ether oxygens (including phenoxy) is 1. The molecule has 0 atom stereocenters. The molecule has 2 N–H and O–H groups in total. The van der Waals surface area contributed by atoms with E-state index in [0.29, 0.717) is 5.56 Å². The topological polar surface area (TPSA) is 139 Å². The summed E-state index contributed by atoms with van der Waals surface area (Å²) in [5.74, 6) is -0.0387. The van der Waals surface area contributed by atoms with E-state index in [0.717, 1.165) is 0 Å². The molecule has 0 saturated heterocycles. The quantitative estimate of drug-likeness (QED) is 0.675. The molecule has 0 aliphatic carbocycles. The summed E-state index contributed by atoms with van der Waals surface area (Å²) in [6.45, 7) is 2.00. The average Bonchev–Trinajstić information content (AvgIpc) is 2.54. The summed E-state index contributed by atoms with van der Waals surface area (Å²) in [4.78, 5) is 14.1. The van der Waals surface area contributed by atoms with Crippen LogP contribution >= 0.6 is 0 Å². The highest BCUT2D eigenvalue weighted by molar-refractivity contribution is 5.82. The molecule has 0 fully saturated rings. The fourth-order valence-corrected chi connectivity index (χ4v) is 2.08. The van der Waals surface area contributed by atoms with E-state index in [1.165, 1.54) is 24.3 Å². The highest BCUT2D eigenvalue weighted by Crippen LogP contribution is 2.35. The molecular formula is C15H11N5O3. The Morgan fingerprint density at radius 3 is 2.35 bits per heavy atom. The summed E-state index contributed by atoms with van der Waals surface area (Å²) in [6.07, 6.45) is 0. The fraction of sp³-hybridized carbons (Fsp3) is 0.133. The normalized spacial score (nSPS) is 9.70. The zero-order valence-corrected chi connectivity index (χ0v) is 12.1. The number of nitro benzene ring substituents is 1. The Bertz CT molecular complexity index is 847. The van der Waals surface area contributed by atoms with Crippen LogP contribution in [0.15, 0.2) is 24.3 Å². The number of nitrogen functional groups attached to an aromatic ring is 1. The van der Waals surface area contributed by atoms with Gasteiger partial charge in [-0.3, -0.25) is 10.1 Å². The number of anilines is 1. The van der Waals surface area contributed by atoms with Crippen molar-refractivity contribution >= 4 is 11.5 Å². The Hall–Kier alpha value is -3.65. The van der Waals surface area contributed by atoms with Gasteiger partial charge < -0.3 is 10.5 Å². The van der Waals surface area contributed by atoms with Crippen molar-refractivity contribution < 1.29 is 9.66 Å². The smallest absolute Gasteiger partial charge is 0.269 e. The van der Waals surface area contributed by atoms with Crippen LogP contribution in [0.1, 0.15) is 18.1 Å². The first kappa shape index (κ1) is 15.7. The summed E-state index contributed by atoms with van der Waals surface area (Å²) in [5.41, 5.74) is 6.45. The van der Waals surface area contributed by atoms with Gasteiger partial charge in [-0.05, 0) is 24.6 Å². The number of nitrogens with two attached hydrogens (primary N) is 1. The predicted octanol–water partition coefficient (Wildman–Crippen LogP) is 2.38. The van der Waals surface area contributed by atoms with Crippen LogP contribution in [0, 0.1) is 32.8 Å². The first-order valence-electron chi connectivity index (χ1n) is 6.54. The van der Waals surface area contributed by atoms with E-state index in [2.05, 4.69) is 4.98 Å². The summed E-state index contributed by atoms with van der Waals surface area (Å²) in [7, 11) is 0. The molecule has 1 heterocycles. The van der Waals surface area contributed by atoms with Crippen molar-refractivity contribution in [2.75, 3.05) is 12.3 Å². The van der Waals surface area contributed by atoms with Crippen molar-refractivity contribution in [1.29, 1.82) is 10.5 Å². The molecule has 1 aromatic heterocycles. The zero-order chi connectivity index (χ0) is 17.0. The number of pyridine rings is 1. The summed E-state index contributed by atoms with van der Waals surface area (Å²) >= 11 is 0. The van der Waals surface area contributed by atoms with E-state index in [-0.39, 0.29) is 40.7 Å². The van der Waals surface area contributed by atoms with Gasteiger partial charge in [-0.1, -0.05) is 0 Å². The van der Waals surface area contributed by atoms with Crippen LogP contribution in [-0.4, -0.2) is 16.5 Å². The van der Waals surface area contributed by atoms with E-state index in [9.17, 15) is 20.6 Å². The predicted molar refractivity (Wildman–Crippen MR) is 81.3 cm³/mol. The van der Waals surface area contributed by atoms with Crippen molar-refractivity contribution in [1.82, 2.24) is 4.98 Å². The van der Waals surface area contributed by atoms with Crippen LogP contribution in [0.2, 0.25) is 0 Å². The van der Waals surface area contributed by atoms with E-state index in [1.54, 1.807) is 6.92 Å². The Morgan fingerprint density at radius 1 is 1.26 bits per heavy atom. The Morgan fingerprint density at radius 2 is 1.87 bits per heavy atom. The third-order valence-corrected chi connectivity index (χ3v) is 3.06. The number of nitriles is 2. The first-order valence-corrected chi connectivity index (χ1v) is 6.54. The number of nitro groups is 1. The Balaban J connectivity index is 2.76. The van der Waals surface area contributed by atoms with Gasteiger partial charge >= 0.3 is 0 Å². The minimum absolute atomic E-state index is 0.0267. The molecule has 0 spiro atoms. The molecule has 0 aliphatic heterocycles. The highest BCUT2D eigenvalue weighted by atomic mass is 16.6. The third kappa shape index (κ3) is 2.87. The molecule has 2 rings (SSSR count). The molecule has 0 saturated carbocycles. The number of hydrogen-bond acceptors (Lipinski definition) is 7. The Labute approximate surface area is 131 Å². The lowest BCUT2D eigenvalue weighted by Crippen LogP contribution is -2.06. The van der Waals surface area contributed by atoms with Crippen LogP contribution in [0.25, 0.3) is 11.1 Å². The van der Waals surface area contributed by atoms with Crippen LogP contribution in [-0.2, 0) is 0 Å². The minimum Gasteiger partial charge on any atom is -0.477 e. The number of rotatable bonds is 4. The second-order valence-electron chi connectivity index (χ2n) is 4.39. The minimum atomic E-state index is -0.535. The molecular weight excluding hydrogens is 298 g/mol. The van der Waals surface area contributed by atoms with E-state index in [1.807, 2.05) is 12.1 Å². The lowest BCUT2D eigenvalue weighted by atomic mass is 9.96. The molecule has 0 radical (unpaired) electrons. The molecule has 0 amide bonds. The number of aromatic nitrogens is 1. The molecule has 2 aromatic rings. The third-order valence-electron chi connectivity index (χ3n) is 3.06.